The van der Waals surface area contributed by atoms with E-state index in [4.69, 9.17) is 17.0 Å². The van der Waals surface area contributed by atoms with Crippen molar-refractivity contribution in [3.05, 3.63) is 72.0 Å². The lowest BCUT2D eigenvalue weighted by Crippen LogP contribution is -2.20. The highest BCUT2D eigenvalue weighted by Gasteiger charge is 2.01. The Morgan fingerprint density at radius 2 is 1.77 bits per heavy atom. The molecule has 0 fully saturated rings. The van der Waals surface area contributed by atoms with Gasteiger partial charge in [-0.3, -0.25) is 5.41 Å². The first kappa shape index (κ1) is 14.2. The van der Waals surface area contributed by atoms with Crippen LogP contribution in [0.2, 0.25) is 5.02 Å². The number of halogens is 1. The van der Waals surface area contributed by atoms with Crippen molar-refractivity contribution in [3.8, 4) is 5.69 Å². The van der Waals surface area contributed by atoms with Crippen LogP contribution < -0.4 is 10.6 Å². The summed E-state index contributed by atoms with van der Waals surface area (Å²) in [5.41, 5.74) is 2.54. The summed E-state index contributed by atoms with van der Waals surface area (Å²) in [6.07, 6.45) is 3.61. The third kappa shape index (κ3) is 3.45. The molecule has 0 spiro atoms. The molecule has 110 valence electrons. The average molecular weight is 312 g/mol. The zero-order chi connectivity index (χ0) is 15.4. The van der Waals surface area contributed by atoms with Crippen molar-refractivity contribution in [3.63, 3.8) is 0 Å². The number of hydrogen-bond acceptors (Lipinski definition) is 2. The smallest absolute Gasteiger partial charge is 0.197 e. The predicted molar refractivity (Wildman–Crippen MR) is 90.0 cm³/mol. The Balaban J connectivity index is 1.64. The summed E-state index contributed by atoms with van der Waals surface area (Å²) in [6.45, 7) is 0. The van der Waals surface area contributed by atoms with Crippen molar-refractivity contribution in [2.24, 2.45) is 0 Å². The SMILES string of the molecule is N=C(Nc1ccc(-n2cccn2)cc1)Nc1cccc(Cl)c1. The fourth-order valence-corrected chi connectivity index (χ4v) is 2.20. The molecule has 6 heteroatoms. The Kier molecular flexibility index (Phi) is 4.07. The molecule has 22 heavy (non-hydrogen) atoms. The van der Waals surface area contributed by atoms with Crippen LogP contribution >= 0.6 is 11.6 Å². The molecule has 3 rings (SSSR count). The first-order valence-corrected chi connectivity index (χ1v) is 7.07. The fraction of sp³-hybridized carbons (Fsp3) is 0. The molecule has 0 aliphatic heterocycles. The zero-order valence-electron chi connectivity index (χ0n) is 11.6. The highest BCUT2D eigenvalue weighted by Crippen LogP contribution is 2.16. The highest BCUT2D eigenvalue weighted by molar-refractivity contribution is 6.30. The highest BCUT2D eigenvalue weighted by atomic mass is 35.5. The maximum atomic E-state index is 7.94. The molecule has 2 aromatic carbocycles. The predicted octanol–water partition coefficient (Wildman–Crippen LogP) is 3.98. The lowest BCUT2D eigenvalue weighted by molar-refractivity contribution is 0.881. The van der Waals surface area contributed by atoms with Gasteiger partial charge >= 0.3 is 0 Å². The van der Waals surface area contributed by atoms with Crippen LogP contribution in [-0.2, 0) is 0 Å². The topological polar surface area (TPSA) is 65.7 Å². The van der Waals surface area contributed by atoms with Gasteiger partial charge in [0.05, 0.1) is 5.69 Å². The van der Waals surface area contributed by atoms with Crippen LogP contribution in [0.15, 0.2) is 67.0 Å². The molecule has 3 aromatic rings. The van der Waals surface area contributed by atoms with Crippen LogP contribution in [-0.4, -0.2) is 15.7 Å². The normalized spacial score (nSPS) is 10.2. The summed E-state index contributed by atoms with van der Waals surface area (Å²) in [5, 5.41) is 18.7. The van der Waals surface area contributed by atoms with Gasteiger partial charge in [-0.25, -0.2) is 4.68 Å². The van der Waals surface area contributed by atoms with Crippen molar-refractivity contribution >= 4 is 28.9 Å². The van der Waals surface area contributed by atoms with Crippen LogP contribution in [0.3, 0.4) is 0 Å². The van der Waals surface area contributed by atoms with E-state index in [9.17, 15) is 0 Å². The van der Waals surface area contributed by atoms with Crippen LogP contribution in [0.25, 0.3) is 5.69 Å². The van der Waals surface area contributed by atoms with Crippen molar-refractivity contribution in [2.45, 2.75) is 0 Å². The summed E-state index contributed by atoms with van der Waals surface area (Å²) in [4.78, 5) is 0. The van der Waals surface area contributed by atoms with E-state index in [0.717, 1.165) is 17.1 Å². The first-order valence-electron chi connectivity index (χ1n) is 6.69. The Morgan fingerprint density at radius 3 is 2.45 bits per heavy atom. The Morgan fingerprint density at radius 1 is 1.00 bits per heavy atom. The maximum Gasteiger partial charge on any atom is 0.197 e. The van der Waals surface area contributed by atoms with Crippen molar-refractivity contribution in [2.75, 3.05) is 10.6 Å². The fourth-order valence-electron chi connectivity index (χ4n) is 2.01. The Labute approximate surface area is 133 Å². The van der Waals surface area contributed by atoms with Gasteiger partial charge < -0.3 is 10.6 Å². The number of anilines is 2. The lowest BCUT2D eigenvalue weighted by atomic mass is 10.3. The minimum Gasteiger partial charge on any atom is -0.326 e. The van der Waals surface area contributed by atoms with E-state index in [2.05, 4.69) is 15.7 Å². The van der Waals surface area contributed by atoms with Gasteiger partial charge in [0.1, 0.15) is 0 Å². The summed E-state index contributed by atoms with van der Waals surface area (Å²) in [7, 11) is 0. The molecule has 0 radical (unpaired) electrons. The molecular weight excluding hydrogens is 298 g/mol. The van der Waals surface area contributed by atoms with Crippen LogP contribution in [0.4, 0.5) is 11.4 Å². The minimum atomic E-state index is 0.175. The van der Waals surface area contributed by atoms with Crippen LogP contribution in [0.5, 0.6) is 0 Å². The number of rotatable bonds is 3. The van der Waals surface area contributed by atoms with Gasteiger partial charge in [-0.2, -0.15) is 5.10 Å². The van der Waals surface area contributed by atoms with Gasteiger partial charge in [-0.05, 0) is 48.5 Å². The van der Waals surface area contributed by atoms with Gasteiger partial charge in [-0.15, -0.1) is 0 Å². The number of nitrogens with one attached hydrogen (secondary N) is 3. The van der Waals surface area contributed by atoms with Gasteiger partial charge in [0.15, 0.2) is 5.96 Å². The third-order valence-electron chi connectivity index (χ3n) is 3.00. The van der Waals surface area contributed by atoms with E-state index < -0.39 is 0 Å². The molecule has 0 bridgehead atoms. The Bertz CT molecular complexity index is 765. The Hall–Kier alpha value is -2.79. The molecule has 0 aliphatic carbocycles. The summed E-state index contributed by atoms with van der Waals surface area (Å²) >= 11 is 5.92. The van der Waals surface area contributed by atoms with Gasteiger partial charge in [0.25, 0.3) is 0 Å². The maximum absolute atomic E-state index is 7.94. The van der Waals surface area contributed by atoms with Gasteiger partial charge in [-0.1, -0.05) is 17.7 Å². The molecule has 0 saturated carbocycles. The number of nitrogens with zero attached hydrogens (tertiary/aromatic N) is 2. The minimum absolute atomic E-state index is 0.175. The van der Waals surface area contributed by atoms with E-state index in [1.807, 2.05) is 48.7 Å². The number of hydrogen-bond donors (Lipinski definition) is 3. The van der Waals surface area contributed by atoms with Crippen molar-refractivity contribution in [1.29, 1.82) is 5.41 Å². The van der Waals surface area contributed by atoms with Gasteiger partial charge in [0.2, 0.25) is 0 Å². The quantitative estimate of drug-likeness (QED) is 0.506. The molecule has 0 saturated heterocycles. The molecule has 5 nitrogen and oxygen atoms in total. The van der Waals surface area contributed by atoms with E-state index >= 15 is 0 Å². The summed E-state index contributed by atoms with van der Waals surface area (Å²) < 4.78 is 1.78. The second-order valence-corrected chi connectivity index (χ2v) is 5.07. The van der Waals surface area contributed by atoms with Gasteiger partial charge in [0, 0.05) is 28.8 Å². The third-order valence-corrected chi connectivity index (χ3v) is 3.23. The monoisotopic (exact) mass is 311 g/mol. The van der Waals surface area contributed by atoms with Crippen LogP contribution in [0, 0.1) is 5.41 Å². The second kappa shape index (κ2) is 6.32. The molecular formula is C16H14ClN5. The number of guanidine groups is 1. The number of benzene rings is 2. The van der Waals surface area contributed by atoms with E-state index in [-0.39, 0.29) is 5.96 Å². The number of aromatic nitrogens is 2. The first-order chi connectivity index (χ1) is 10.7. The van der Waals surface area contributed by atoms with E-state index in [1.165, 1.54) is 0 Å². The molecule has 1 aromatic heterocycles. The average Bonchev–Trinajstić information content (AvgIpc) is 3.02. The van der Waals surface area contributed by atoms with E-state index in [0.29, 0.717) is 5.02 Å². The molecule has 3 N–H and O–H groups in total. The molecule has 0 amide bonds. The second-order valence-electron chi connectivity index (χ2n) is 4.63. The summed E-state index contributed by atoms with van der Waals surface area (Å²) in [5.74, 6) is 0.175. The molecule has 0 atom stereocenters. The van der Waals surface area contributed by atoms with Crippen molar-refractivity contribution < 1.29 is 0 Å². The largest absolute Gasteiger partial charge is 0.326 e. The molecule has 1 heterocycles. The zero-order valence-corrected chi connectivity index (χ0v) is 12.4. The van der Waals surface area contributed by atoms with E-state index in [1.54, 1.807) is 23.0 Å². The van der Waals surface area contributed by atoms with Crippen molar-refractivity contribution in [1.82, 2.24) is 9.78 Å². The summed E-state index contributed by atoms with van der Waals surface area (Å²) in [6, 6.07) is 16.8. The molecule has 0 unspecified atom stereocenters. The molecule has 0 aliphatic rings. The standard InChI is InChI=1S/C16H14ClN5/c17-12-3-1-4-14(11-12)21-16(18)20-13-5-7-15(8-6-13)22-10-2-9-19-22/h1-11H,(H3,18,20,21). The lowest BCUT2D eigenvalue weighted by Gasteiger charge is -2.11. The van der Waals surface area contributed by atoms with Crippen LogP contribution in [0.1, 0.15) is 0 Å².